The third kappa shape index (κ3) is 3.54. The van der Waals surface area contributed by atoms with Gasteiger partial charge in [0.05, 0.1) is 31.7 Å². The fourth-order valence-corrected chi connectivity index (χ4v) is 3.71. The van der Waals surface area contributed by atoms with Gasteiger partial charge in [0.1, 0.15) is 17.1 Å². The summed E-state index contributed by atoms with van der Waals surface area (Å²) in [6.45, 7) is 1.81. The third-order valence-electron chi connectivity index (χ3n) is 5.30. The van der Waals surface area contributed by atoms with Gasteiger partial charge in [0.2, 0.25) is 5.88 Å². The molecule has 0 saturated carbocycles. The summed E-state index contributed by atoms with van der Waals surface area (Å²) >= 11 is 0. The Morgan fingerprint density at radius 3 is 2.61 bits per heavy atom. The van der Waals surface area contributed by atoms with E-state index in [9.17, 15) is 14.7 Å². The smallest absolute Gasteiger partial charge is 0.335 e. The average Bonchev–Trinajstić information content (AvgIpc) is 3.23. The maximum Gasteiger partial charge on any atom is 0.335 e. The predicted molar refractivity (Wildman–Crippen MR) is 116 cm³/mol. The zero-order valence-electron chi connectivity index (χ0n) is 17.3. The second kappa shape index (κ2) is 8.02. The Balaban J connectivity index is 1.74. The molecule has 9 heteroatoms. The van der Waals surface area contributed by atoms with E-state index < -0.39 is 17.1 Å². The summed E-state index contributed by atoms with van der Waals surface area (Å²) in [5.74, 6) is 0.807. The summed E-state index contributed by atoms with van der Waals surface area (Å²) in [7, 11) is 3.13. The molecule has 0 amide bonds. The van der Waals surface area contributed by atoms with Gasteiger partial charge in [-0.2, -0.15) is 5.10 Å². The van der Waals surface area contributed by atoms with Crippen LogP contribution in [0.1, 0.15) is 29.2 Å². The highest BCUT2D eigenvalue weighted by Gasteiger charge is 2.29. The summed E-state index contributed by atoms with van der Waals surface area (Å²) in [5, 5.41) is 15.2. The van der Waals surface area contributed by atoms with Gasteiger partial charge in [-0.15, -0.1) is 0 Å². The van der Waals surface area contributed by atoms with Crippen LogP contribution in [-0.2, 0) is 0 Å². The molecule has 1 atom stereocenters. The largest absolute Gasteiger partial charge is 0.497 e. The number of nitrogens with zero attached hydrogens (tertiary/aromatic N) is 2. The van der Waals surface area contributed by atoms with Gasteiger partial charge in [-0.1, -0.05) is 18.2 Å². The van der Waals surface area contributed by atoms with Crippen LogP contribution in [0.25, 0.3) is 5.69 Å². The number of nitrogens with one attached hydrogen (secondary N) is 2. The van der Waals surface area contributed by atoms with E-state index in [1.165, 1.54) is 0 Å². The first kappa shape index (κ1) is 20.3. The first-order valence-electron chi connectivity index (χ1n) is 9.63. The van der Waals surface area contributed by atoms with Crippen molar-refractivity contribution in [2.45, 2.75) is 19.4 Å². The number of hydrazone groups is 1. The number of H-pyrrole nitrogens is 1. The van der Waals surface area contributed by atoms with Gasteiger partial charge >= 0.3 is 5.69 Å². The standard InChI is InChI=1S/C22H22N4O5/c1-12-6-4-5-7-17(12)26-21(28)19(20(27)23-22(26)29)16-11-15(24-25-16)14-9-8-13(30-2)10-18(14)31-3/h4-10,15,24,28H,11H2,1-3H3,(H,23,27,29). The van der Waals surface area contributed by atoms with E-state index in [0.29, 0.717) is 29.3 Å². The highest BCUT2D eigenvalue weighted by atomic mass is 16.5. The van der Waals surface area contributed by atoms with Crippen LogP contribution in [-0.4, -0.2) is 34.6 Å². The van der Waals surface area contributed by atoms with Crippen molar-refractivity contribution in [2.24, 2.45) is 5.10 Å². The molecule has 0 aliphatic carbocycles. The van der Waals surface area contributed by atoms with Crippen LogP contribution in [0.15, 0.2) is 57.2 Å². The number of aromatic nitrogens is 2. The molecule has 0 fully saturated rings. The van der Waals surface area contributed by atoms with E-state index in [1.807, 2.05) is 25.1 Å². The molecule has 0 spiro atoms. The highest BCUT2D eigenvalue weighted by molar-refractivity contribution is 6.03. The Kier molecular flexibility index (Phi) is 5.24. The Bertz CT molecular complexity index is 1290. The molecule has 0 saturated heterocycles. The van der Waals surface area contributed by atoms with Crippen molar-refractivity contribution in [3.8, 4) is 23.1 Å². The van der Waals surface area contributed by atoms with Gasteiger partial charge in [-0.05, 0) is 30.7 Å². The number of methoxy groups -OCH3 is 2. The van der Waals surface area contributed by atoms with Gasteiger partial charge in [-0.25, -0.2) is 9.36 Å². The van der Waals surface area contributed by atoms with E-state index in [1.54, 1.807) is 38.5 Å². The van der Waals surface area contributed by atoms with Crippen LogP contribution in [0.5, 0.6) is 17.4 Å². The van der Waals surface area contributed by atoms with Crippen LogP contribution in [0.4, 0.5) is 0 Å². The molecule has 31 heavy (non-hydrogen) atoms. The number of benzene rings is 2. The lowest BCUT2D eigenvalue weighted by Gasteiger charge is -2.16. The second-order valence-corrected chi connectivity index (χ2v) is 7.13. The van der Waals surface area contributed by atoms with Crippen LogP contribution >= 0.6 is 0 Å². The SMILES string of the molecule is COc1ccc(C2CC(c3c(O)n(-c4ccccc4C)c(=O)[nH]c3=O)=NN2)c(OC)c1. The van der Waals surface area contributed by atoms with Crippen molar-refractivity contribution < 1.29 is 14.6 Å². The Morgan fingerprint density at radius 1 is 1.13 bits per heavy atom. The molecule has 160 valence electrons. The molecule has 3 aromatic rings. The lowest BCUT2D eigenvalue weighted by Crippen LogP contribution is -2.33. The van der Waals surface area contributed by atoms with Crippen molar-refractivity contribution in [3.05, 3.63) is 80.0 Å². The number of para-hydroxylation sites is 1. The minimum atomic E-state index is -0.722. The molecule has 0 bridgehead atoms. The van der Waals surface area contributed by atoms with E-state index in [4.69, 9.17) is 9.47 Å². The monoisotopic (exact) mass is 422 g/mol. The fourth-order valence-electron chi connectivity index (χ4n) is 3.71. The van der Waals surface area contributed by atoms with Crippen LogP contribution in [0, 0.1) is 6.92 Å². The minimum Gasteiger partial charge on any atom is -0.497 e. The zero-order chi connectivity index (χ0) is 22.1. The molecule has 3 N–H and O–H groups in total. The molecule has 1 unspecified atom stereocenters. The Hall–Kier alpha value is -4.01. The predicted octanol–water partition coefficient (Wildman–Crippen LogP) is 2.00. The Morgan fingerprint density at radius 2 is 1.90 bits per heavy atom. The molecule has 1 aliphatic rings. The number of rotatable bonds is 5. The van der Waals surface area contributed by atoms with Crippen LogP contribution in [0.2, 0.25) is 0 Å². The van der Waals surface area contributed by atoms with Gasteiger partial charge in [-0.3, -0.25) is 9.78 Å². The number of hydrogen-bond acceptors (Lipinski definition) is 7. The molecular weight excluding hydrogens is 400 g/mol. The van der Waals surface area contributed by atoms with E-state index in [-0.39, 0.29) is 11.6 Å². The highest BCUT2D eigenvalue weighted by Crippen LogP contribution is 2.34. The van der Waals surface area contributed by atoms with Gasteiger partial charge in [0.25, 0.3) is 5.56 Å². The van der Waals surface area contributed by atoms with Crippen molar-refractivity contribution in [1.82, 2.24) is 15.0 Å². The normalized spacial score (nSPS) is 15.3. The maximum absolute atomic E-state index is 12.6. The van der Waals surface area contributed by atoms with Crippen LogP contribution in [0.3, 0.4) is 0 Å². The number of hydrogen-bond donors (Lipinski definition) is 3. The third-order valence-corrected chi connectivity index (χ3v) is 5.30. The maximum atomic E-state index is 12.6. The summed E-state index contributed by atoms with van der Waals surface area (Å²) < 4.78 is 11.8. The summed E-state index contributed by atoms with van der Waals surface area (Å²) in [4.78, 5) is 27.3. The number of aromatic hydroxyl groups is 1. The molecule has 0 radical (unpaired) electrons. The van der Waals surface area contributed by atoms with E-state index in [0.717, 1.165) is 15.7 Å². The molecular formula is C22H22N4O5. The van der Waals surface area contributed by atoms with Gasteiger partial charge in [0.15, 0.2) is 0 Å². The van der Waals surface area contributed by atoms with Gasteiger partial charge < -0.3 is 20.0 Å². The first-order chi connectivity index (χ1) is 14.9. The van der Waals surface area contributed by atoms with E-state index >= 15 is 0 Å². The average molecular weight is 422 g/mol. The van der Waals surface area contributed by atoms with Crippen molar-refractivity contribution in [3.63, 3.8) is 0 Å². The minimum absolute atomic E-state index is 0.0506. The summed E-state index contributed by atoms with van der Waals surface area (Å²) in [6, 6.07) is 12.2. The van der Waals surface area contributed by atoms with Crippen LogP contribution < -0.4 is 26.1 Å². The Labute approximate surface area is 177 Å². The molecule has 1 aromatic heterocycles. The number of aromatic amines is 1. The molecule has 2 aromatic carbocycles. The van der Waals surface area contributed by atoms with E-state index in [2.05, 4.69) is 15.5 Å². The van der Waals surface area contributed by atoms with Crippen molar-refractivity contribution in [1.29, 1.82) is 0 Å². The molecule has 1 aliphatic heterocycles. The topological polar surface area (TPSA) is 118 Å². The van der Waals surface area contributed by atoms with Gasteiger partial charge in [0, 0.05) is 18.1 Å². The quantitative estimate of drug-likeness (QED) is 0.579. The van der Waals surface area contributed by atoms with Crippen molar-refractivity contribution in [2.75, 3.05) is 14.2 Å². The van der Waals surface area contributed by atoms with Crippen molar-refractivity contribution >= 4 is 5.71 Å². The lowest BCUT2D eigenvalue weighted by molar-refractivity contribution is 0.386. The number of ether oxygens (including phenoxy) is 2. The second-order valence-electron chi connectivity index (χ2n) is 7.13. The first-order valence-corrected chi connectivity index (χ1v) is 9.63. The lowest BCUT2D eigenvalue weighted by atomic mass is 9.99. The molecule has 2 heterocycles. The summed E-state index contributed by atoms with van der Waals surface area (Å²) in [5.41, 5.74) is 3.92. The molecule has 4 rings (SSSR count). The fraction of sp³-hybridized carbons (Fsp3) is 0.227. The molecule has 9 nitrogen and oxygen atoms in total. The summed E-state index contributed by atoms with van der Waals surface area (Å²) in [6.07, 6.45) is 0.311. The number of aryl methyl sites for hydroxylation is 1. The zero-order valence-corrected chi connectivity index (χ0v) is 17.3.